The Balaban J connectivity index is 1.53. The van der Waals surface area contributed by atoms with Crippen molar-refractivity contribution in [1.29, 1.82) is 0 Å². The largest absolute Gasteiger partial charge is 0.508 e. The number of carbonyl (C=O) groups is 2. The molecule has 182 valence electrons. The predicted octanol–water partition coefficient (Wildman–Crippen LogP) is 4.88. The Kier molecular flexibility index (Phi) is 6.53. The normalized spacial score (nSPS) is 20.7. The summed E-state index contributed by atoms with van der Waals surface area (Å²) in [5, 5.41) is 23.8. The first-order chi connectivity index (χ1) is 17.4. The van der Waals surface area contributed by atoms with Crippen LogP contribution in [0.25, 0.3) is 0 Å². The Labute approximate surface area is 214 Å². The third kappa shape index (κ3) is 4.48. The van der Waals surface area contributed by atoms with Crippen molar-refractivity contribution in [3.8, 4) is 11.5 Å². The summed E-state index contributed by atoms with van der Waals surface area (Å²) < 4.78 is 0. The summed E-state index contributed by atoms with van der Waals surface area (Å²) in [6.07, 6.45) is 6.07. The molecule has 1 aliphatic carbocycles. The van der Waals surface area contributed by atoms with Crippen molar-refractivity contribution in [3.05, 3.63) is 113 Å². The van der Waals surface area contributed by atoms with Gasteiger partial charge in [-0.3, -0.25) is 14.5 Å². The van der Waals surface area contributed by atoms with Gasteiger partial charge in [0.15, 0.2) is 0 Å². The molecular formula is C29H25ClN2O4. The van der Waals surface area contributed by atoms with Crippen LogP contribution >= 0.6 is 11.6 Å². The van der Waals surface area contributed by atoms with Crippen molar-refractivity contribution in [2.75, 3.05) is 11.4 Å². The fourth-order valence-corrected chi connectivity index (χ4v) is 5.22. The van der Waals surface area contributed by atoms with E-state index in [9.17, 15) is 19.8 Å². The highest BCUT2D eigenvalue weighted by Gasteiger charge is 2.47. The van der Waals surface area contributed by atoms with Gasteiger partial charge in [0.2, 0.25) is 5.91 Å². The highest BCUT2D eigenvalue weighted by Crippen LogP contribution is 2.44. The second-order valence-electron chi connectivity index (χ2n) is 8.91. The van der Waals surface area contributed by atoms with Crippen LogP contribution in [0.5, 0.6) is 11.5 Å². The fourth-order valence-electron chi connectivity index (χ4n) is 5.00. The van der Waals surface area contributed by atoms with Crippen LogP contribution in [0.15, 0.2) is 96.1 Å². The molecule has 0 bridgehead atoms. The van der Waals surface area contributed by atoms with E-state index < -0.39 is 12.0 Å². The van der Waals surface area contributed by atoms with Gasteiger partial charge in [-0.15, -0.1) is 0 Å². The Morgan fingerprint density at radius 1 is 0.972 bits per heavy atom. The summed E-state index contributed by atoms with van der Waals surface area (Å²) in [6.45, 7) is 0.386. The number of hydrogen-bond donors (Lipinski definition) is 3. The number of anilines is 1. The molecular weight excluding hydrogens is 476 g/mol. The lowest BCUT2D eigenvalue weighted by Gasteiger charge is -2.43. The molecule has 1 unspecified atom stereocenters. The lowest BCUT2D eigenvalue weighted by molar-refractivity contribution is -0.123. The quantitative estimate of drug-likeness (QED) is 0.450. The molecule has 0 fully saturated rings. The van der Waals surface area contributed by atoms with Crippen LogP contribution in [0, 0.1) is 5.92 Å². The molecule has 0 radical (unpaired) electrons. The van der Waals surface area contributed by atoms with E-state index in [4.69, 9.17) is 11.6 Å². The van der Waals surface area contributed by atoms with E-state index in [1.165, 1.54) is 11.0 Å². The zero-order valence-electron chi connectivity index (χ0n) is 19.3. The Hall–Kier alpha value is -4.03. The predicted molar refractivity (Wildman–Crippen MR) is 139 cm³/mol. The van der Waals surface area contributed by atoms with Crippen molar-refractivity contribution < 1.29 is 19.8 Å². The van der Waals surface area contributed by atoms with Crippen LogP contribution in [-0.2, 0) is 11.2 Å². The van der Waals surface area contributed by atoms with E-state index in [0.29, 0.717) is 34.8 Å². The van der Waals surface area contributed by atoms with E-state index in [0.717, 1.165) is 5.56 Å². The molecule has 2 aliphatic rings. The number of phenolic OH excluding ortho intramolecular Hbond substituents is 2. The van der Waals surface area contributed by atoms with Crippen LogP contribution in [0.4, 0.5) is 5.69 Å². The maximum Gasteiger partial charge on any atom is 0.259 e. The Bertz CT molecular complexity index is 1370. The Morgan fingerprint density at radius 3 is 2.42 bits per heavy atom. The molecule has 3 atom stereocenters. The van der Waals surface area contributed by atoms with Crippen LogP contribution in [0.3, 0.4) is 0 Å². The lowest BCUT2D eigenvalue weighted by Crippen LogP contribution is -2.55. The minimum Gasteiger partial charge on any atom is -0.508 e. The number of halogens is 1. The van der Waals surface area contributed by atoms with Crippen molar-refractivity contribution in [2.24, 2.45) is 5.92 Å². The number of phenols is 2. The van der Waals surface area contributed by atoms with Crippen LogP contribution < -0.4 is 10.2 Å². The molecule has 2 amide bonds. The molecule has 0 saturated carbocycles. The highest BCUT2D eigenvalue weighted by atomic mass is 35.5. The summed E-state index contributed by atoms with van der Waals surface area (Å²) in [6, 6.07) is 20.0. The second-order valence-corrected chi connectivity index (χ2v) is 9.35. The minimum absolute atomic E-state index is 0.0428. The minimum atomic E-state index is -0.702. The number of rotatable bonds is 6. The molecule has 1 heterocycles. The zero-order valence-corrected chi connectivity index (χ0v) is 20.1. The molecule has 3 aromatic carbocycles. The average Bonchev–Trinajstić information content (AvgIpc) is 3.31. The molecule has 5 rings (SSSR count). The number of fused-ring (bicyclic) bond motifs is 1. The van der Waals surface area contributed by atoms with Crippen molar-refractivity contribution in [1.82, 2.24) is 5.32 Å². The maximum absolute atomic E-state index is 13.8. The highest BCUT2D eigenvalue weighted by molar-refractivity contribution is 6.31. The number of benzene rings is 3. The van der Waals surface area contributed by atoms with Crippen molar-refractivity contribution in [3.63, 3.8) is 0 Å². The van der Waals surface area contributed by atoms with Crippen LogP contribution in [-0.4, -0.2) is 34.6 Å². The van der Waals surface area contributed by atoms with Crippen molar-refractivity contribution in [2.45, 2.75) is 18.4 Å². The smallest absolute Gasteiger partial charge is 0.259 e. The summed E-state index contributed by atoms with van der Waals surface area (Å²) in [5.41, 5.74) is 2.39. The van der Waals surface area contributed by atoms with Gasteiger partial charge in [0.25, 0.3) is 5.91 Å². The molecule has 3 N–H and O–H groups in total. The first-order valence-electron chi connectivity index (χ1n) is 11.8. The van der Waals surface area contributed by atoms with Gasteiger partial charge in [0, 0.05) is 23.1 Å². The van der Waals surface area contributed by atoms with Crippen molar-refractivity contribution >= 4 is 29.1 Å². The standard InChI is InChI=1S/C29H25ClN2O4/c30-20-12-11-19(17-20)27-26(28(35)31-16-15-18-9-13-21(33)14-10-18)22-5-1-2-6-23(22)29(36)32(27)24-7-3-4-8-25(24)34/h1-14,17,19,26-27,33-34H,15-16H2,(H,31,35)/t19?,26-,27+/m1/s1. The van der Waals surface area contributed by atoms with E-state index in [1.807, 2.05) is 36.4 Å². The third-order valence-electron chi connectivity index (χ3n) is 6.68. The number of carbonyl (C=O) groups excluding carboxylic acids is 2. The van der Waals surface area contributed by atoms with Crippen LogP contribution in [0.1, 0.15) is 27.4 Å². The van der Waals surface area contributed by atoms with Gasteiger partial charge in [0.05, 0.1) is 17.6 Å². The zero-order chi connectivity index (χ0) is 25.2. The van der Waals surface area contributed by atoms with Gasteiger partial charge in [-0.05, 0) is 54.0 Å². The van der Waals surface area contributed by atoms with Gasteiger partial charge in [-0.2, -0.15) is 0 Å². The monoisotopic (exact) mass is 500 g/mol. The summed E-state index contributed by atoms with van der Waals surface area (Å²) >= 11 is 6.28. The molecule has 3 aromatic rings. The van der Waals surface area contributed by atoms with E-state index >= 15 is 0 Å². The summed E-state index contributed by atoms with van der Waals surface area (Å²) in [5.74, 6) is -1.39. The molecule has 7 heteroatoms. The molecule has 1 aliphatic heterocycles. The number of nitrogens with one attached hydrogen (secondary N) is 1. The lowest BCUT2D eigenvalue weighted by atomic mass is 9.76. The molecule has 0 aromatic heterocycles. The third-order valence-corrected chi connectivity index (χ3v) is 6.93. The van der Waals surface area contributed by atoms with E-state index in [2.05, 4.69) is 5.32 Å². The van der Waals surface area contributed by atoms with Gasteiger partial charge in [0.1, 0.15) is 11.5 Å². The van der Waals surface area contributed by atoms with Crippen LogP contribution in [0.2, 0.25) is 0 Å². The first kappa shape index (κ1) is 23.7. The first-order valence-corrected chi connectivity index (χ1v) is 12.1. The summed E-state index contributed by atoms with van der Waals surface area (Å²) in [4.78, 5) is 29.1. The number of amides is 2. The molecule has 0 spiro atoms. The fraction of sp³-hybridized carbons (Fsp3) is 0.172. The number of nitrogens with zero attached hydrogens (tertiary/aromatic N) is 1. The second kappa shape index (κ2) is 9.91. The number of hydrogen-bond acceptors (Lipinski definition) is 4. The average molecular weight is 501 g/mol. The topological polar surface area (TPSA) is 89.9 Å². The van der Waals surface area contributed by atoms with E-state index in [1.54, 1.807) is 48.5 Å². The SMILES string of the molecule is O=C(NCCc1ccc(O)cc1)[C@@H]1c2ccccc2C(=O)N(c2ccccc2O)[C@H]1C1C=CC(Cl)=C1. The van der Waals surface area contributed by atoms with Gasteiger partial charge in [-0.1, -0.05) is 66.2 Å². The van der Waals surface area contributed by atoms with E-state index in [-0.39, 0.29) is 29.2 Å². The number of para-hydroxylation sites is 2. The summed E-state index contributed by atoms with van der Waals surface area (Å²) in [7, 11) is 0. The van der Waals surface area contributed by atoms with Gasteiger partial charge >= 0.3 is 0 Å². The molecule has 36 heavy (non-hydrogen) atoms. The molecule has 0 saturated heterocycles. The van der Waals surface area contributed by atoms with Gasteiger partial charge < -0.3 is 15.5 Å². The number of allylic oxidation sites excluding steroid dienone is 2. The Morgan fingerprint density at radius 2 is 1.69 bits per heavy atom. The van der Waals surface area contributed by atoms with Gasteiger partial charge in [-0.25, -0.2) is 0 Å². The molecule has 6 nitrogen and oxygen atoms in total. The number of aromatic hydroxyl groups is 2. The maximum atomic E-state index is 13.8.